The van der Waals surface area contributed by atoms with Crippen LogP contribution in [0.1, 0.15) is 24.9 Å². The van der Waals surface area contributed by atoms with Gasteiger partial charge in [0, 0.05) is 12.5 Å². The predicted molar refractivity (Wildman–Crippen MR) is 64.5 cm³/mol. The molecule has 0 amide bonds. The van der Waals surface area contributed by atoms with Gasteiger partial charge in [-0.2, -0.15) is 0 Å². The Morgan fingerprint density at radius 3 is 2.65 bits per heavy atom. The Morgan fingerprint density at radius 1 is 1.47 bits per heavy atom. The summed E-state index contributed by atoms with van der Waals surface area (Å²) in [6.07, 6.45) is -2.89. The van der Waals surface area contributed by atoms with Crippen molar-refractivity contribution in [1.29, 1.82) is 0 Å². The third-order valence-electron chi connectivity index (χ3n) is 2.21. The third kappa shape index (κ3) is 3.81. The van der Waals surface area contributed by atoms with Crippen molar-refractivity contribution in [3.63, 3.8) is 0 Å². The van der Waals surface area contributed by atoms with Crippen LogP contribution in [-0.4, -0.2) is 18.1 Å². The number of hydrogen-bond acceptors (Lipinski definition) is 3. The summed E-state index contributed by atoms with van der Waals surface area (Å²) >= 11 is 3.13. The first-order chi connectivity index (χ1) is 7.95. The highest BCUT2D eigenvalue weighted by molar-refractivity contribution is 9.10. The van der Waals surface area contributed by atoms with Gasteiger partial charge < -0.3 is 15.6 Å². The van der Waals surface area contributed by atoms with Gasteiger partial charge in [-0.3, -0.25) is 0 Å². The molecule has 0 fully saturated rings. The second kappa shape index (κ2) is 6.16. The molecule has 1 aromatic carbocycles. The number of hydrogen-bond donors (Lipinski definition) is 2. The summed E-state index contributed by atoms with van der Waals surface area (Å²) < 4.78 is 30.0. The topological polar surface area (TPSA) is 55.5 Å². The monoisotopic (exact) mass is 309 g/mol. The lowest BCUT2D eigenvalue weighted by molar-refractivity contribution is 0.128. The summed E-state index contributed by atoms with van der Waals surface area (Å²) in [6.45, 7) is 2.13. The molecule has 0 bridgehead atoms. The van der Waals surface area contributed by atoms with Crippen molar-refractivity contribution in [2.24, 2.45) is 5.73 Å². The maximum absolute atomic E-state index is 12.2. The average Bonchev–Trinajstić information content (AvgIpc) is 2.23. The van der Waals surface area contributed by atoms with E-state index in [0.717, 1.165) is 0 Å². The molecule has 0 saturated heterocycles. The number of alkyl halides is 2. The van der Waals surface area contributed by atoms with E-state index in [0.29, 0.717) is 16.6 Å². The molecule has 0 aliphatic heterocycles. The fourth-order valence-corrected chi connectivity index (χ4v) is 1.86. The molecule has 0 radical (unpaired) electrons. The second-order valence-corrected chi connectivity index (χ2v) is 4.37. The van der Waals surface area contributed by atoms with Gasteiger partial charge in [-0.25, -0.2) is 8.78 Å². The summed E-state index contributed by atoms with van der Waals surface area (Å²) in [4.78, 5) is 0. The zero-order valence-corrected chi connectivity index (χ0v) is 10.9. The Balaban J connectivity index is 3.00. The van der Waals surface area contributed by atoms with E-state index in [1.807, 2.05) is 0 Å². The normalized spacial score (nSPS) is 12.8. The van der Waals surface area contributed by atoms with E-state index in [-0.39, 0.29) is 11.5 Å². The molecule has 0 aliphatic carbocycles. The minimum Gasteiger partial charge on any atom is -0.503 e. The molecule has 1 aromatic rings. The lowest BCUT2D eigenvalue weighted by Gasteiger charge is -2.15. The zero-order chi connectivity index (χ0) is 13.0. The van der Waals surface area contributed by atoms with Crippen LogP contribution >= 0.6 is 15.9 Å². The summed E-state index contributed by atoms with van der Waals surface area (Å²) in [5.74, 6) is 0.182. The van der Waals surface area contributed by atoms with E-state index in [1.165, 1.54) is 12.1 Å². The SMILES string of the molecule is CCOc1cc([C@H](N)CC(F)F)cc(Br)c1O. The molecule has 17 heavy (non-hydrogen) atoms. The second-order valence-electron chi connectivity index (χ2n) is 3.52. The number of aromatic hydroxyl groups is 1. The fraction of sp³-hybridized carbons (Fsp3) is 0.455. The van der Waals surface area contributed by atoms with Crippen LogP contribution in [0.25, 0.3) is 0 Å². The first-order valence-corrected chi connectivity index (χ1v) is 5.94. The fourth-order valence-electron chi connectivity index (χ4n) is 1.40. The van der Waals surface area contributed by atoms with E-state index in [1.54, 1.807) is 6.92 Å². The Bertz CT molecular complexity index is 388. The van der Waals surface area contributed by atoms with Gasteiger partial charge in [-0.1, -0.05) is 0 Å². The molecular formula is C11H14BrF2NO2. The number of phenolic OH excluding ortho intramolecular Hbond substituents is 1. The van der Waals surface area contributed by atoms with E-state index < -0.39 is 18.9 Å². The Kier molecular flexibility index (Phi) is 5.14. The van der Waals surface area contributed by atoms with Crippen LogP contribution in [0.15, 0.2) is 16.6 Å². The summed E-state index contributed by atoms with van der Waals surface area (Å²) in [5.41, 5.74) is 6.14. The number of halogens is 3. The highest BCUT2D eigenvalue weighted by atomic mass is 79.9. The maximum Gasteiger partial charge on any atom is 0.240 e. The van der Waals surface area contributed by atoms with Crippen molar-refractivity contribution in [3.8, 4) is 11.5 Å². The molecule has 1 rings (SSSR count). The number of benzene rings is 1. The predicted octanol–water partition coefficient (Wildman–Crippen LogP) is 3.21. The van der Waals surface area contributed by atoms with Gasteiger partial charge in [0.05, 0.1) is 11.1 Å². The number of rotatable bonds is 5. The van der Waals surface area contributed by atoms with Crippen molar-refractivity contribution < 1.29 is 18.6 Å². The summed E-state index contributed by atoms with van der Waals surface area (Å²) in [7, 11) is 0. The van der Waals surface area contributed by atoms with Crippen LogP contribution in [0.2, 0.25) is 0 Å². The van der Waals surface area contributed by atoms with E-state index >= 15 is 0 Å². The quantitative estimate of drug-likeness (QED) is 0.878. The smallest absolute Gasteiger partial charge is 0.240 e. The van der Waals surface area contributed by atoms with Crippen LogP contribution in [0, 0.1) is 0 Å². The molecule has 0 heterocycles. The van der Waals surface area contributed by atoms with Crippen molar-refractivity contribution in [2.75, 3.05) is 6.61 Å². The zero-order valence-electron chi connectivity index (χ0n) is 9.29. The molecular weight excluding hydrogens is 296 g/mol. The van der Waals surface area contributed by atoms with Gasteiger partial charge in [0.25, 0.3) is 0 Å². The summed E-state index contributed by atoms with van der Waals surface area (Å²) in [6, 6.07) is 2.22. The van der Waals surface area contributed by atoms with Crippen molar-refractivity contribution >= 4 is 15.9 Å². The van der Waals surface area contributed by atoms with E-state index in [4.69, 9.17) is 10.5 Å². The molecule has 6 heteroatoms. The molecule has 0 saturated carbocycles. The molecule has 1 atom stereocenters. The Morgan fingerprint density at radius 2 is 2.12 bits per heavy atom. The molecule has 3 nitrogen and oxygen atoms in total. The standard InChI is InChI=1S/C11H14BrF2NO2/c1-2-17-9-4-6(3-7(12)11(9)16)8(15)5-10(13)14/h3-4,8,10,16H,2,5,15H2,1H3/t8-/m1/s1. The van der Waals surface area contributed by atoms with Crippen LogP contribution < -0.4 is 10.5 Å². The Labute approximate surface area is 107 Å². The van der Waals surface area contributed by atoms with Crippen LogP contribution in [0.5, 0.6) is 11.5 Å². The Hall–Kier alpha value is -0.880. The first-order valence-electron chi connectivity index (χ1n) is 5.14. The van der Waals surface area contributed by atoms with E-state index in [9.17, 15) is 13.9 Å². The molecule has 0 aromatic heterocycles. The van der Waals surface area contributed by atoms with E-state index in [2.05, 4.69) is 15.9 Å². The average molecular weight is 310 g/mol. The lowest BCUT2D eigenvalue weighted by atomic mass is 10.0. The van der Waals surface area contributed by atoms with Crippen molar-refractivity contribution in [2.45, 2.75) is 25.8 Å². The van der Waals surface area contributed by atoms with Gasteiger partial charge in [0.15, 0.2) is 11.5 Å². The number of phenols is 1. The number of nitrogens with two attached hydrogens (primary N) is 1. The van der Waals surface area contributed by atoms with Crippen LogP contribution in [-0.2, 0) is 0 Å². The molecule has 0 spiro atoms. The van der Waals surface area contributed by atoms with Gasteiger partial charge in [0.1, 0.15) is 0 Å². The maximum atomic E-state index is 12.2. The van der Waals surface area contributed by atoms with Crippen molar-refractivity contribution in [3.05, 3.63) is 22.2 Å². The van der Waals surface area contributed by atoms with Gasteiger partial charge in [0.2, 0.25) is 6.43 Å². The van der Waals surface area contributed by atoms with Gasteiger partial charge in [-0.05, 0) is 40.5 Å². The molecule has 3 N–H and O–H groups in total. The molecule has 96 valence electrons. The highest BCUT2D eigenvalue weighted by Crippen LogP contribution is 2.37. The largest absolute Gasteiger partial charge is 0.503 e. The minimum atomic E-state index is -2.46. The molecule has 0 aliphatic rings. The van der Waals surface area contributed by atoms with Gasteiger partial charge in [-0.15, -0.1) is 0 Å². The highest BCUT2D eigenvalue weighted by Gasteiger charge is 2.17. The van der Waals surface area contributed by atoms with Crippen molar-refractivity contribution in [1.82, 2.24) is 0 Å². The number of ether oxygens (including phenoxy) is 1. The minimum absolute atomic E-state index is 0.0557. The van der Waals surface area contributed by atoms with Gasteiger partial charge >= 0.3 is 0 Å². The first kappa shape index (κ1) is 14.2. The lowest BCUT2D eigenvalue weighted by Crippen LogP contribution is -2.14. The van der Waals surface area contributed by atoms with Crippen LogP contribution in [0.3, 0.4) is 0 Å². The third-order valence-corrected chi connectivity index (χ3v) is 2.82. The van der Waals surface area contributed by atoms with Crippen LogP contribution in [0.4, 0.5) is 8.78 Å². The summed E-state index contributed by atoms with van der Waals surface area (Å²) in [5, 5.41) is 9.66. The molecule has 0 unspecified atom stereocenters.